The molecule has 0 saturated carbocycles. The van der Waals surface area contributed by atoms with Gasteiger partial charge in [-0.1, -0.05) is 45.0 Å². The fourth-order valence-electron chi connectivity index (χ4n) is 3.11. The standard InChI is InChI=1S/C19H27N3O3/c1-5-14-8-10-15(11-9-14)13(4)20-16(23)12-22-17(24)19(6-2,7-3)21-18(22)25/h8-11,13H,5-7,12H2,1-4H3,(H,20,23)(H,21,25)/t13-/m1/s1. The predicted molar refractivity (Wildman–Crippen MR) is 95.9 cm³/mol. The SMILES string of the molecule is CCc1ccc([C@@H](C)NC(=O)CN2C(=O)NC(CC)(CC)C2=O)cc1. The van der Waals surface area contributed by atoms with Gasteiger partial charge in [-0.3, -0.25) is 14.5 Å². The third kappa shape index (κ3) is 3.83. The van der Waals surface area contributed by atoms with Crippen molar-refractivity contribution in [3.05, 3.63) is 35.4 Å². The Bertz CT molecular complexity index is 650. The van der Waals surface area contributed by atoms with Crippen LogP contribution in [0.4, 0.5) is 4.79 Å². The molecule has 0 bridgehead atoms. The molecule has 1 aliphatic heterocycles. The van der Waals surface area contributed by atoms with Crippen LogP contribution in [-0.2, 0) is 16.0 Å². The Hall–Kier alpha value is -2.37. The molecule has 1 atom stereocenters. The molecule has 0 spiro atoms. The van der Waals surface area contributed by atoms with Gasteiger partial charge in [-0.15, -0.1) is 0 Å². The summed E-state index contributed by atoms with van der Waals surface area (Å²) >= 11 is 0. The summed E-state index contributed by atoms with van der Waals surface area (Å²) < 4.78 is 0. The molecule has 2 N–H and O–H groups in total. The van der Waals surface area contributed by atoms with Gasteiger partial charge in [0, 0.05) is 0 Å². The van der Waals surface area contributed by atoms with Crippen molar-refractivity contribution in [1.29, 1.82) is 0 Å². The van der Waals surface area contributed by atoms with Crippen LogP contribution in [0.2, 0.25) is 0 Å². The first kappa shape index (κ1) is 19.0. The van der Waals surface area contributed by atoms with Crippen molar-refractivity contribution in [1.82, 2.24) is 15.5 Å². The number of nitrogens with one attached hydrogen (secondary N) is 2. The van der Waals surface area contributed by atoms with E-state index in [4.69, 9.17) is 0 Å². The van der Waals surface area contributed by atoms with Crippen molar-refractivity contribution >= 4 is 17.8 Å². The molecule has 1 aromatic rings. The van der Waals surface area contributed by atoms with Crippen molar-refractivity contribution in [3.8, 4) is 0 Å². The van der Waals surface area contributed by atoms with Gasteiger partial charge in [0.05, 0.1) is 6.04 Å². The quantitative estimate of drug-likeness (QED) is 0.746. The molecule has 1 aromatic carbocycles. The van der Waals surface area contributed by atoms with E-state index in [9.17, 15) is 14.4 Å². The van der Waals surface area contributed by atoms with Gasteiger partial charge in [0.15, 0.2) is 0 Å². The summed E-state index contributed by atoms with van der Waals surface area (Å²) in [4.78, 5) is 37.9. The zero-order chi connectivity index (χ0) is 18.6. The van der Waals surface area contributed by atoms with Gasteiger partial charge in [-0.05, 0) is 37.3 Å². The van der Waals surface area contributed by atoms with Crippen molar-refractivity contribution in [2.75, 3.05) is 6.54 Å². The average Bonchev–Trinajstić information content (AvgIpc) is 2.86. The summed E-state index contributed by atoms with van der Waals surface area (Å²) in [6.07, 6.45) is 1.97. The van der Waals surface area contributed by atoms with Crippen LogP contribution in [0.1, 0.15) is 57.7 Å². The molecule has 0 aromatic heterocycles. The van der Waals surface area contributed by atoms with Gasteiger partial charge >= 0.3 is 6.03 Å². The predicted octanol–water partition coefficient (Wildman–Crippen LogP) is 2.54. The minimum atomic E-state index is -0.876. The van der Waals surface area contributed by atoms with Crippen LogP contribution in [0.15, 0.2) is 24.3 Å². The number of carbonyl (C=O) groups is 3. The number of hydrogen-bond acceptors (Lipinski definition) is 3. The molecular formula is C19H27N3O3. The first-order chi connectivity index (χ1) is 11.9. The lowest BCUT2D eigenvalue weighted by molar-refractivity contribution is -0.135. The van der Waals surface area contributed by atoms with Crippen LogP contribution in [0, 0.1) is 0 Å². The number of benzene rings is 1. The lowest BCUT2D eigenvalue weighted by Gasteiger charge is -2.23. The van der Waals surface area contributed by atoms with Gasteiger partial charge in [-0.25, -0.2) is 4.79 Å². The minimum absolute atomic E-state index is 0.193. The highest BCUT2D eigenvalue weighted by atomic mass is 16.2. The van der Waals surface area contributed by atoms with E-state index in [1.54, 1.807) is 0 Å². The highest BCUT2D eigenvalue weighted by Crippen LogP contribution is 2.24. The maximum absolute atomic E-state index is 12.5. The first-order valence-electron chi connectivity index (χ1n) is 8.89. The van der Waals surface area contributed by atoms with E-state index < -0.39 is 11.6 Å². The van der Waals surface area contributed by atoms with E-state index in [2.05, 4.69) is 17.6 Å². The normalized spacial score (nSPS) is 17.4. The second kappa shape index (κ2) is 7.68. The molecule has 1 fully saturated rings. The van der Waals surface area contributed by atoms with Crippen LogP contribution in [0.5, 0.6) is 0 Å². The maximum Gasteiger partial charge on any atom is 0.325 e. The zero-order valence-corrected chi connectivity index (χ0v) is 15.4. The summed E-state index contributed by atoms with van der Waals surface area (Å²) in [7, 11) is 0. The van der Waals surface area contributed by atoms with E-state index in [0.29, 0.717) is 12.8 Å². The van der Waals surface area contributed by atoms with Gasteiger partial charge in [0.25, 0.3) is 5.91 Å². The molecule has 0 radical (unpaired) electrons. The lowest BCUT2D eigenvalue weighted by atomic mass is 9.93. The third-order valence-corrected chi connectivity index (χ3v) is 5.02. The number of urea groups is 1. The molecule has 1 heterocycles. The fourth-order valence-corrected chi connectivity index (χ4v) is 3.11. The topological polar surface area (TPSA) is 78.5 Å². The first-order valence-corrected chi connectivity index (χ1v) is 8.89. The van der Waals surface area contributed by atoms with Crippen molar-refractivity contribution < 1.29 is 14.4 Å². The Morgan fingerprint density at radius 1 is 1.16 bits per heavy atom. The maximum atomic E-state index is 12.5. The van der Waals surface area contributed by atoms with Gasteiger partial charge in [-0.2, -0.15) is 0 Å². The van der Waals surface area contributed by atoms with E-state index in [-0.39, 0.29) is 24.4 Å². The Morgan fingerprint density at radius 3 is 2.24 bits per heavy atom. The smallest absolute Gasteiger partial charge is 0.325 e. The monoisotopic (exact) mass is 345 g/mol. The highest BCUT2D eigenvalue weighted by Gasteiger charge is 2.49. The Kier molecular flexibility index (Phi) is 5.82. The molecule has 0 unspecified atom stereocenters. The van der Waals surface area contributed by atoms with Crippen LogP contribution >= 0.6 is 0 Å². The lowest BCUT2D eigenvalue weighted by Crippen LogP contribution is -2.46. The largest absolute Gasteiger partial charge is 0.348 e. The van der Waals surface area contributed by atoms with Crippen LogP contribution < -0.4 is 10.6 Å². The van der Waals surface area contributed by atoms with E-state index in [1.165, 1.54) is 5.56 Å². The second-order valence-electron chi connectivity index (χ2n) is 6.50. The number of amides is 4. The Morgan fingerprint density at radius 2 is 1.76 bits per heavy atom. The molecule has 4 amide bonds. The minimum Gasteiger partial charge on any atom is -0.348 e. The Balaban J connectivity index is 1.99. The molecule has 1 aliphatic rings. The molecule has 6 nitrogen and oxygen atoms in total. The molecular weight excluding hydrogens is 318 g/mol. The highest BCUT2D eigenvalue weighted by molar-refractivity contribution is 6.09. The van der Waals surface area contributed by atoms with Crippen molar-refractivity contribution in [2.24, 2.45) is 0 Å². The summed E-state index contributed by atoms with van der Waals surface area (Å²) in [6.45, 7) is 7.42. The second-order valence-corrected chi connectivity index (χ2v) is 6.50. The summed E-state index contributed by atoms with van der Waals surface area (Å²) in [5.74, 6) is -0.670. The van der Waals surface area contributed by atoms with Crippen LogP contribution in [0.3, 0.4) is 0 Å². The molecule has 2 rings (SSSR count). The number of hydrogen-bond donors (Lipinski definition) is 2. The summed E-state index contributed by atoms with van der Waals surface area (Å²) in [5.41, 5.74) is 1.34. The average molecular weight is 345 g/mol. The number of nitrogens with zero attached hydrogens (tertiary/aromatic N) is 1. The van der Waals surface area contributed by atoms with E-state index in [1.807, 2.05) is 45.0 Å². The van der Waals surface area contributed by atoms with Crippen LogP contribution in [-0.4, -0.2) is 34.8 Å². The van der Waals surface area contributed by atoms with E-state index in [0.717, 1.165) is 16.9 Å². The number of rotatable bonds is 7. The summed E-state index contributed by atoms with van der Waals surface area (Å²) in [5, 5.41) is 5.58. The molecule has 136 valence electrons. The Labute approximate surface area is 149 Å². The number of aryl methyl sites for hydroxylation is 1. The number of carbonyl (C=O) groups excluding carboxylic acids is 3. The van der Waals surface area contributed by atoms with E-state index >= 15 is 0 Å². The van der Waals surface area contributed by atoms with Gasteiger partial charge < -0.3 is 10.6 Å². The van der Waals surface area contributed by atoms with Gasteiger partial charge in [0.1, 0.15) is 12.1 Å². The zero-order valence-electron chi connectivity index (χ0n) is 15.4. The molecule has 0 aliphatic carbocycles. The molecule has 1 saturated heterocycles. The van der Waals surface area contributed by atoms with Crippen molar-refractivity contribution in [2.45, 2.75) is 58.5 Å². The van der Waals surface area contributed by atoms with Crippen LogP contribution in [0.25, 0.3) is 0 Å². The fraction of sp³-hybridized carbons (Fsp3) is 0.526. The third-order valence-electron chi connectivity index (χ3n) is 5.02. The molecule has 6 heteroatoms. The van der Waals surface area contributed by atoms with Crippen molar-refractivity contribution in [3.63, 3.8) is 0 Å². The van der Waals surface area contributed by atoms with Gasteiger partial charge in [0.2, 0.25) is 5.91 Å². The number of imide groups is 1. The summed E-state index contributed by atoms with van der Waals surface area (Å²) in [6, 6.07) is 7.34. The molecule has 25 heavy (non-hydrogen) atoms.